The molecule has 0 heterocycles. The Labute approximate surface area is 109 Å². The maximum atomic E-state index is 11.9. The number of Topliss-reactive ketones (excluding diaryl/α,β-unsaturated/α-hetero) is 1. The van der Waals surface area contributed by atoms with Gasteiger partial charge in [0.05, 0.1) is 0 Å². The lowest BCUT2D eigenvalue weighted by Gasteiger charge is -2.05. The summed E-state index contributed by atoms with van der Waals surface area (Å²) in [6, 6.07) is 7.30. The van der Waals surface area contributed by atoms with E-state index in [4.69, 9.17) is 0 Å². The highest BCUT2D eigenvalue weighted by Crippen LogP contribution is 2.23. The summed E-state index contributed by atoms with van der Waals surface area (Å²) in [7, 11) is 0. The summed E-state index contributed by atoms with van der Waals surface area (Å²) in [4.78, 5) is 11.9. The molecule has 1 aromatic carbocycles. The molecule has 1 fully saturated rings. The average molecular weight is 243 g/mol. The molecule has 0 bridgehead atoms. The summed E-state index contributed by atoms with van der Waals surface area (Å²) in [5, 5.41) is 3.39. The maximum Gasteiger partial charge on any atom is 0.138 e. The fourth-order valence-corrected chi connectivity index (χ4v) is 2.75. The van der Waals surface area contributed by atoms with Crippen LogP contribution in [0.1, 0.15) is 42.4 Å². The summed E-state index contributed by atoms with van der Waals surface area (Å²) in [5.74, 6) is 0.362. The number of rotatable bonds is 6. The molecule has 2 heteroatoms. The summed E-state index contributed by atoms with van der Waals surface area (Å²) in [6.07, 6.45) is 7.55. The van der Waals surface area contributed by atoms with Gasteiger partial charge in [-0.3, -0.25) is 4.79 Å². The van der Waals surface area contributed by atoms with Gasteiger partial charge in [0.15, 0.2) is 0 Å². The highest BCUT2D eigenvalue weighted by Gasteiger charge is 2.20. The quantitative estimate of drug-likeness (QED) is 0.831. The molecule has 2 aliphatic carbocycles. The van der Waals surface area contributed by atoms with Gasteiger partial charge >= 0.3 is 0 Å². The van der Waals surface area contributed by atoms with E-state index < -0.39 is 0 Å². The molecular formula is C16H21NO. The first-order valence-electron chi connectivity index (χ1n) is 7.17. The largest absolute Gasteiger partial charge is 0.314 e. The van der Waals surface area contributed by atoms with Gasteiger partial charge in [0, 0.05) is 25.4 Å². The van der Waals surface area contributed by atoms with Gasteiger partial charge in [-0.05, 0) is 48.8 Å². The number of aryl methyl sites for hydroxylation is 2. The third-order valence-electron chi connectivity index (χ3n) is 3.98. The Hall–Kier alpha value is -1.15. The van der Waals surface area contributed by atoms with Crippen molar-refractivity contribution in [2.45, 2.75) is 51.0 Å². The lowest BCUT2D eigenvalue weighted by atomic mass is 10.0. The van der Waals surface area contributed by atoms with Crippen molar-refractivity contribution in [3.05, 3.63) is 34.9 Å². The van der Waals surface area contributed by atoms with Crippen molar-refractivity contribution in [3.63, 3.8) is 0 Å². The zero-order chi connectivity index (χ0) is 12.4. The molecule has 0 saturated heterocycles. The highest BCUT2D eigenvalue weighted by molar-refractivity contribution is 5.81. The minimum Gasteiger partial charge on any atom is -0.314 e. The van der Waals surface area contributed by atoms with Crippen LogP contribution >= 0.6 is 0 Å². The first kappa shape index (κ1) is 11.9. The van der Waals surface area contributed by atoms with Gasteiger partial charge in [0.2, 0.25) is 0 Å². The van der Waals surface area contributed by atoms with E-state index in [2.05, 4.69) is 23.5 Å². The van der Waals surface area contributed by atoms with E-state index in [1.54, 1.807) is 0 Å². The van der Waals surface area contributed by atoms with E-state index in [1.165, 1.54) is 48.8 Å². The molecule has 0 atom stereocenters. The second-order valence-corrected chi connectivity index (χ2v) is 5.65. The topological polar surface area (TPSA) is 29.1 Å². The normalized spacial score (nSPS) is 17.8. The highest BCUT2D eigenvalue weighted by atomic mass is 16.1. The molecule has 1 aromatic rings. The minimum atomic E-state index is 0.362. The van der Waals surface area contributed by atoms with E-state index in [0.717, 1.165) is 6.54 Å². The number of ketones is 1. The molecule has 2 aliphatic rings. The smallest absolute Gasteiger partial charge is 0.138 e. The molecule has 2 nitrogen and oxygen atoms in total. The van der Waals surface area contributed by atoms with E-state index in [1.807, 2.05) is 0 Å². The van der Waals surface area contributed by atoms with Crippen LogP contribution in [-0.4, -0.2) is 18.4 Å². The van der Waals surface area contributed by atoms with E-state index in [9.17, 15) is 4.79 Å². The van der Waals surface area contributed by atoms with E-state index in [0.29, 0.717) is 24.7 Å². The molecule has 0 aliphatic heterocycles. The average Bonchev–Trinajstić information content (AvgIpc) is 3.06. The third-order valence-corrected chi connectivity index (χ3v) is 3.98. The Morgan fingerprint density at radius 3 is 2.89 bits per heavy atom. The second kappa shape index (κ2) is 5.23. The van der Waals surface area contributed by atoms with Crippen LogP contribution < -0.4 is 5.32 Å². The lowest BCUT2D eigenvalue weighted by Crippen LogP contribution is -2.20. The van der Waals surface area contributed by atoms with Crippen molar-refractivity contribution in [1.82, 2.24) is 5.32 Å². The van der Waals surface area contributed by atoms with Gasteiger partial charge in [0.25, 0.3) is 0 Å². The second-order valence-electron chi connectivity index (χ2n) is 5.65. The molecule has 1 saturated carbocycles. The predicted octanol–water partition coefficient (Wildman–Crippen LogP) is 2.43. The molecular weight excluding hydrogens is 222 g/mol. The van der Waals surface area contributed by atoms with Crippen LogP contribution in [0.4, 0.5) is 0 Å². The monoisotopic (exact) mass is 243 g/mol. The van der Waals surface area contributed by atoms with Crippen molar-refractivity contribution in [1.29, 1.82) is 0 Å². The zero-order valence-corrected chi connectivity index (χ0v) is 10.9. The number of nitrogens with one attached hydrogen (secondary N) is 1. The Morgan fingerprint density at radius 2 is 2.06 bits per heavy atom. The summed E-state index contributed by atoms with van der Waals surface area (Å²) in [6.45, 7) is 0.856. The van der Waals surface area contributed by atoms with Gasteiger partial charge in [-0.2, -0.15) is 0 Å². The summed E-state index contributed by atoms with van der Waals surface area (Å²) < 4.78 is 0. The number of carbonyl (C=O) groups excluding carboxylic acids is 1. The number of hydrogen-bond donors (Lipinski definition) is 1. The van der Waals surface area contributed by atoms with Gasteiger partial charge in [-0.1, -0.05) is 18.2 Å². The summed E-state index contributed by atoms with van der Waals surface area (Å²) in [5.41, 5.74) is 4.16. The number of carbonyl (C=O) groups is 1. The van der Waals surface area contributed by atoms with Crippen LogP contribution in [-0.2, 0) is 24.1 Å². The van der Waals surface area contributed by atoms with E-state index in [-0.39, 0.29) is 0 Å². The molecule has 0 aromatic heterocycles. The van der Waals surface area contributed by atoms with Crippen molar-refractivity contribution in [2.24, 2.45) is 0 Å². The molecule has 0 radical (unpaired) electrons. The van der Waals surface area contributed by atoms with Crippen LogP contribution in [0.2, 0.25) is 0 Å². The van der Waals surface area contributed by atoms with Crippen molar-refractivity contribution < 1.29 is 4.79 Å². The molecule has 0 unspecified atom stereocenters. The third kappa shape index (κ3) is 2.99. The summed E-state index contributed by atoms with van der Waals surface area (Å²) >= 11 is 0. The molecule has 96 valence electrons. The predicted molar refractivity (Wildman–Crippen MR) is 72.8 cm³/mol. The number of benzene rings is 1. The standard InChI is InChI=1S/C16H21NO/c18-16(8-9-17-15-6-7-15)11-12-4-5-13-2-1-3-14(13)10-12/h4-5,10,15,17H,1-3,6-9,11H2. The Morgan fingerprint density at radius 1 is 1.22 bits per heavy atom. The molecule has 0 spiro atoms. The first-order chi connectivity index (χ1) is 8.81. The number of fused-ring (bicyclic) bond motifs is 1. The molecule has 1 N–H and O–H groups in total. The zero-order valence-electron chi connectivity index (χ0n) is 10.9. The Bertz CT molecular complexity index is 448. The maximum absolute atomic E-state index is 11.9. The van der Waals surface area contributed by atoms with Gasteiger partial charge < -0.3 is 5.32 Å². The van der Waals surface area contributed by atoms with Crippen LogP contribution in [0.25, 0.3) is 0 Å². The van der Waals surface area contributed by atoms with Crippen LogP contribution in [0.3, 0.4) is 0 Å². The van der Waals surface area contributed by atoms with Crippen LogP contribution in [0.5, 0.6) is 0 Å². The van der Waals surface area contributed by atoms with Crippen molar-refractivity contribution in [3.8, 4) is 0 Å². The number of hydrogen-bond acceptors (Lipinski definition) is 2. The lowest BCUT2D eigenvalue weighted by molar-refractivity contribution is -0.118. The van der Waals surface area contributed by atoms with Gasteiger partial charge in [0.1, 0.15) is 5.78 Å². The van der Waals surface area contributed by atoms with Crippen LogP contribution in [0.15, 0.2) is 18.2 Å². The molecule has 18 heavy (non-hydrogen) atoms. The SMILES string of the molecule is O=C(CCNC1CC1)Cc1ccc2c(c1)CCC2. The van der Waals surface area contributed by atoms with Gasteiger partial charge in [-0.25, -0.2) is 0 Å². The fourth-order valence-electron chi connectivity index (χ4n) is 2.75. The fraction of sp³-hybridized carbons (Fsp3) is 0.562. The van der Waals surface area contributed by atoms with Gasteiger partial charge in [-0.15, -0.1) is 0 Å². The van der Waals surface area contributed by atoms with Crippen molar-refractivity contribution >= 4 is 5.78 Å². The minimum absolute atomic E-state index is 0.362. The first-order valence-corrected chi connectivity index (χ1v) is 7.17. The molecule has 3 rings (SSSR count). The Balaban J connectivity index is 1.50. The van der Waals surface area contributed by atoms with Crippen molar-refractivity contribution in [2.75, 3.05) is 6.54 Å². The Kier molecular flexibility index (Phi) is 3.46. The van der Waals surface area contributed by atoms with Crippen LogP contribution in [0, 0.1) is 0 Å². The molecule has 0 amide bonds. The van der Waals surface area contributed by atoms with E-state index >= 15 is 0 Å².